The van der Waals surface area contributed by atoms with Crippen LogP contribution in [0.2, 0.25) is 0 Å². The van der Waals surface area contributed by atoms with Gasteiger partial charge in [-0.1, -0.05) is 0 Å². The van der Waals surface area contributed by atoms with Gasteiger partial charge in [-0.3, -0.25) is 9.36 Å². The fraction of sp³-hybridized carbons (Fsp3) is 0.348. The van der Waals surface area contributed by atoms with Crippen LogP contribution >= 0.6 is 0 Å². The second-order valence-corrected chi connectivity index (χ2v) is 8.49. The topological polar surface area (TPSA) is 211 Å². The number of carbonyl (C=O) groups is 1. The van der Waals surface area contributed by atoms with E-state index in [1.54, 1.807) is 18.2 Å². The zero-order valence-electron chi connectivity index (χ0n) is 19.6. The van der Waals surface area contributed by atoms with E-state index in [0.29, 0.717) is 22.2 Å². The number of nitrogens with zero attached hydrogens (tertiary/aromatic N) is 4. The van der Waals surface area contributed by atoms with Crippen molar-refractivity contribution in [1.29, 1.82) is 0 Å². The Labute approximate surface area is 208 Å². The van der Waals surface area contributed by atoms with E-state index in [-0.39, 0.29) is 23.5 Å². The lowest BCUT2D eigenvalue weighted by Crippen LogP contribution is -2.42. The Kier molecular flexibility index (Phi) is 6.47. The number of hydrogen-bond acceptors (Lipinski definition) is 13. The molecule has 0 radical (unpaired) electrons. The number of imidazole rings is 1. The fourth-order valence-corrected chi connectivity index (χ4v) is 4.32. The van der Waals surface area contributed by atoms with Crippen molar-refractivity contribution in [3.8, 4) is 5.75 Å². The van der Waals surface area contributed by atoms with Gasteiger partial charge in [0.25, 0.3) is 0 Å². The molecule has 14 heteroatoms. The second kappa shape index (κ2) is 9.74. The minimum absolute atomic E-state index is 0.0528. The maximum absolute atomic E-state index is 13.0. The maximum atomic E-state index is 13.0. The third kappa shape index (κ3) is 4.46. The lowest BCUT2D eigenvalue weighted by atomic mass is 10.0. The summed E-state index contributed by atoms with van der Waals surface area (Å²) >= 11 is 0. The molecule has 0 saturated carbocycles. The molecule has 5 rings (SSSR count). The average molecular weight is 512 g/mol. The highest BCUT2D eigenvalue weighted by Gasteiger charge is 2.48. The summed E-state index contributed by atoms with van der Waals surface area (Å²) in [5.74, 6) is -0.228. The highest BCUT2D eigenvalue weighted by atomic mass is 16.6. The van der Waals surface area contributed by atoms with Gasteiger partial charge >= 0.3 is 11.6 Å². The first-order valence-corrected chi connectivity index (χ1v) is 11.2. The predicted octanol–water partition coefficient (Wildman–Crippen LogP) is -0.744. The van der Waals surface area contributed by atoms with Gasteiger partial charge in [-0.25, -0.2) is 19.7 Å². The van der Waals surface area contributed by atoms with Crippen molar-refractivity contribution in [3.05, 3.63) is 52.9 Å². The SMILES string of the molecule is COc1ccc2c(C[C@@H](N)C(=O)OC3C(O)C(CO)OC3n3cnc4c(N)ncnc43)cc(=O)oc2c1. The first kappa shape index (κ1) is 24.6. The average Bonchev–Trinajstić information content (AvgIpc) is 3.45. The highest BCUT2D eigenvalue weighted by molar-refractivity contribution is 5.83. The molecule has 1 aromatic carbocycles. The van der Waals surface area contributed by atoms with E-state index < -0.39 is 48.8 Å². The van der Waals surface area contributed by atoms with Crippen LogP contribution in [0, 0.1) is 0 Å². The van der Waals surface area contributed by atoms with E-state index in [1.807, 2.05) is 0 Å². The molecule has 0 spiro atoms. The summed E-state index contributed by atoms with van der Waals surface area (Å²) in [6, 6.07) is 4.99. The van der Waals surface area contributed by atoms with Crippen molar-refractivity contribution in [2.24, 2.45) is 5.73 Å². The molecule has 194 valence electrons. The van der Waals surface area contributed by atoms with Gasteiger partial charge in [0.05, 0.1) is 20.0 Å². The number of benzene rings is 1. The van der Waals surface area contributed by atoms with Crippen LogP contribution in [0.5, 0.6) is 5.75 Å². The number of hydrogen-bond donors (Lipinski definition) is 4. The number of aromatic nitrogens is 4. The number of carbonyl (C=O) groups excluding carboxylic acids is 1. The quantitative estimate of drug-likeness (QED) is 0.178. The van der Waals surface area contributed by atoms with Gasteiger partial charge in [0.1, 0.15) is 41.4 Å². The lowest BCUT2D eigenvalue weighted by molar-refractivity contribution is -0.160. The predicted molar refractivity (Wildman–Crippen MR) is 127 cm³/mol. The third-order valence-corrected chi connectivity index (χ3v) is 6.19. The Bertz CT molecular complexity index is 1520. The van der Waals surface area contributed by atoms with Gasteiger partial charge in [-0.2, -0.15) is 0 Å². The molecule has 1 aliphatic heterocycles. The smallest absolute Gasteiger partial charge is 0.336 e. The molecule has 37 heavy (non-hydrogen) atoms. The number of ether oxygens (including phenoxy) is 3. The van der Waals surface area contributed by atoms with Crippen LogP contribution < -0.4 is 21.8 Å². The van der Waals surface area contributed by atoms with Gasteiger partial charge in [0, 0.05) is 17.5 Å². The van der Waals surface area contributed by atoms with E-state index in [9.17, 15) is 19.8 Å². The molecular formula is C23H24N6O8. The van der Waals surface area contributed by atoms with Crippen LogP contribution in [0.1, 0.15) is 11.8 Å². The summed E-state index contributed by atoms with van der Waals surface area (Å²) in [4.78, 5) is 37.3. The van der Waals surface area contributed by atoms with Crippen molar-refractivity contribution in [3.63, 3.8) is 0 Å². The van der Waals surface area contributed by atoms with E-state index >= 15 is 0 Å². The number of fused-ring (bicyclic) bond motifs is 2. The van der Waals surface area contributed by atoms with E-state index in [2.05, 4.69) is 15.0 Å². The van der Waals surface area contributed by atoms with Crippen LogP contribution in [0.25, 0.3) is 22.1 Å². The maximum Gasteiger partial charge on any atom is 0.336 e. The molecule has 4 heterocycles. The largest absolute Gasteiger partial charge is 0.497 e. The molecule has 0 aliphatic carbocycles. The van der Waals surface area contributed by atoms with Crippen molar-refractivity contribution in [2.75, 3.05) is 19.5 Å². The van der Waals surface area contributed by atoms with Gasteiger partial charge in [-0.15, -0.1) is 0 Å². The number of methoxy groups -OCH3 is 1. The molecule has 5 atom stereocenters. The monoisotopic (exact) mass is 512 g/mol. The number of nitrogens with two attached hydrogens (primary N) is 2. The van der Waals surface area contributed by atoms with Gasteiger partial charge in [-0.05, 0) is 24.1 Å². The summed E-state index contributed by atoms with van der Waals surface area (Å²) in [6.07, 6.45) is -2.23. The number of anilines is 1. The Balaban J connectivity index is 1.40. The molecule has 6 N–H and O–H groups in total. The van der Waals surface area contributed by atoms with Gasteiger partial charge in [0.2, 0.25) is 0 Å². The molecule has 4 unspecified atom stereocenters. The van der Waals surface area contributed by atoms with Crippen molar-refractivity contribution < 1.29 is 33.6 Å². The molecule has 14 nitrogen and oxygen atoms in total. The molecular weight excluding hydrogens is 488 g/mol. The van der Waals surface area contributed by atoms with Gasteiger partial charge in [0.15, 0.2) is 23.8 Å². The summed E-state index contributed by atoms with van der Waals surface area (Å²) < 4.78 is 23.2. The number of nitrogen functional groups attached to an aromatic ring is 1. The van der Waals surface area contributed by atoms with Crippen LogP contribution in [0.15, 0.2) is 46.1 Å². The van der Waals surface area contributed by atoms with E-state index in [4.69, 9.17) is 30.1 Å². The zero-order chi connectivity index (χ0) is 26.3. The Hall–Kier alpha value is -4.11. The molecule has 4 aromatic rings. The summed E-state index contributed by atoms with van der Waals surface area (Å²) in [7, 11) is 1.49. The second-order valence-electron chi connectivity index (χ2n) is 8.49. The van der Waals surface area contributed by atoms with E-state index in [1.165, 1.54) is 30.4 Å². The van der Waals surface area contributed by atoms with Crippen LogP contribution in [0.3, 0.4) is 0 Å². The number of esters is 1. The highest BCUT2D eigenvalue weighted by Crippen LogP contribution is 2.34. The Morgan fingerprint density at radius 3 is 2.84 bits per heavy atom. The minimum Gasteiger partial charge on any atom is -0.497 e. The Morgan fingerprint density at radius 1 is 1.27 bits per heavy atom. The summed E-state index contributed by atoms with van der Waals surface area (Å²) in [6.45, 7) is -0.531. The molecule has 1 fully saturated rings. The molecule has 0 bridgehead atoms. The Morgan fingerprint density at radius 2 is 2.08 bits per heavy atom. The van der Waals surface area contributed by atoms with E-state index in [0.717, 1.165) is 0 Å². The van der Waals surface area contributed by atoms with Crippen molar-refractivity contribution >= 4 is 33.9 Å². The third-order valence-electron chi connectivity index (χ3n) is 6.19. The number of aliphatic hydroxyl groups is 2. The first-order chi connectivity index (χ1) is 17.8. The van der Waals surface area contributed by atoms with Crippen molar-refractivity contribution in [2.45, 2.75) is 37.0 Å². The minimum atomic E-state index is -1.38. The first-order valence-electron chi connectivity index (χ1n) is 11.2. The van der Waals surface area contributed by atoms with Crippen LogP contribution in [0.4, 0.5) is 5.82 Å². The van der Waals surface area contributed by atoms with Crippen LogP contribution in [-0.4, -0.2) is 73.8 Å². The number of aliphatic hydroxyl groups excluding tert-OH is 2. The summed E-state index contributed by atoms with van der Waals surface area (Å²) in [5, 5.41) is 21.0. The molecule has 0 amide bonds. The summed E-state index contributed by atoms with van der Waals surface area (Å²) in [5.41, 5.74) is 12.7. The molecule has 3 aromatic heterocycles. The normalized spacial score (nSPS) is 22.4. The molecule has 1 aliphatic rings. The zero-order valence-corrected chi connectivity index (χ0v) is 19.6. The number of rotatable bonds is 7. The van der Waals surface area contributed by atoms with Crippen LogP contribution in [-0.2, 0) is 20.7 Å². The lowest BCUT2D eigenvalue weighted by Gasteiger charge is -2.23. The molecule has 1 saturated heterocycles. The standard InChI is InChI=1S/C23H24N6O8/c1-34-11-2-3-12-10(5-16(31)35-14(12)6-11)4-13(24)23(33)37-19-18(32)15(7-30)36-22(19)29-9-28-17-20(25)26-8-27-21(17)29/h2-3,5-6,8-9,13,15,18-19,22,30,32H,4,7,24H2,1H3,(H2,25,26,27)/t13-,15?,18?,19?,22?/m1/s1. The van der Waals surface area contributed by atoms with Gasteiger partial charge < -0.3 is 40.3 Å². The fourth-order valence-electron chi connectivity index (χ4n) is 4.32. The van der Waals surface area contributed by atoms with Crippen molar-refractivity contribution in [1.82, 2.24) is 19.5 Å².